The predicted octanol–water partition coefficient (Wildman–Crippen LogP) is 1.51. The standard InChI is InChI=1S/C9H13NO2S/c1-7(6-12-2)10-9(11)8-4-3-5-13-8/h3-5,7H,6H2,1-2H3,(H,10,11)/t7-/m1/s1. The van der Waals surface area contributed by atoms with Crippen LogP contribution in [0, 0.1) is 0 Å². The summed E-state index contributed by atoms with van der Waals surface area (Å²) in [5.74, 6) is -0.0282. The number of ether oxygens (including phenoxy) is 1. The van der Waals surface area contributed by atoms with E-state index in [2.05, 4.69) is 5.32 Å². The number of thiophene rings is 1. The van der Waals surface area contributed by atoms with Gasteiger partial charge < -0.3 is 10.1 Å². The van der Waals surface area contributed by atoms with Crippen molar-refractivity contribution in [2.75, 3.05) is 13.7 Å². The molecule has 0 aliphatic heterocycles. The minimum absolute atomic E-state index is 0.0282. The van der Waals surface area contributed by atoms with E-state index in [1.54, 1.807) is 13.2 Å². The molecule has 0 aliphatic rings. The molecule has 0 spiro atoms. The molecule has 72 valence electrons. The number of carbonyl (C=O) groups excluding carboxylic acids is 1. The van der Waals surface area contributed by atoms with Gasteiger partial charge in [0, 0.05) is 13.2 Å². The molecular weight excluding hydrogens is 186 g/mol. The van der Waals surface area contributed by atoms with Crippen molar-refractivity contribution >= 4 is 17.2 Å². The highest BCUT2D eigenvalue weighted by molar-refractivity contribution is 7.12. The molecule has 1 aromatic heterocycles. The van der Waals surface area contributed by atoms with Crippen LogP contribution in [0.4, 0.5) is 0 Å². The van der Waals surface area contributed by atoms with E-state index in [1.165, 1.54) is 11.3 Å². The predicted molar refractivity (Wildman–Crippen MR) is 53.1 cm³/mol. The largest absolute Gasteiger partial charge is 0.383 e. The maximum Gasteiger partial charge on any atom is 0.261 e. The molecule has 0 fully saturated rings. The Balaban J connectivity index is 2.42. The van der Waals surface area contributed by atoms with Crippen molar-refractivity contribution in [1.29, 1.82) is 0 Å². The number of nitrogens with one attached hydrogen (secondary N) is 1. The van der Waals surface area contributed by atoms with E-state index < -0.39 is 0 Å². The Morgan fingerprint density at radius 1 is 1.77 bits per heavy atom. The topological polar surface area (TPSA) is 38.3 Å². The first kappa shape index (κ1) is 10.2. The van der Waals surface area contributed by atoms with E-state index in [9.17, 15) is 4.79 Å². The molecule has 1 atom stereocenters. The van der Waals surface area contributed by atoms with Crippen LogP contribution < -0.4 is 5.32 Å². The van der Waals surface area contributed by atoms with E-state index in [4.69, 9.17) is 4.74 Å². The number of hydrogen-bond acceptors (Lipinski definition) is 3. The van der Waals surface area contributed by atoms with E-state index in [1.807, 2.05) is 18.4 Å². The maximum atomic E-state index is 11.4. The van der Waals surface area contributed by atoms with Gasteiger partial charge in [0.1, 0.15) is 0 Å². The van der Waals surface area contributed by atoms with Gasteiger partial charge >= 0.3 is 0 Å². The minimum Gasteiger partial charge on any atom is -0.383 e. The number of rotatable bonds is 4. The van der Waals surface area contributed by atoms with Crippen molar-refractivity contribution < 1.29 is 9.53 Å². The number of carbonyl (C=O) groups is 1. The molecule has 1 rings (SSSR count). The number of amides is 1. The number of methoxy groups -OCH3 is 1. The number of hydrogen-bond donors (Lipinski definition) is 1. The molecule has 0 aromatic carbocycles. The quantitative estimate of drug-likeness (QED) is 0.798. The van der Waals surface area contributed by atoms with E-state index >= 15 is 0 Å². The Bertz CT molecular complexity index is 259. The van der Waals surface area contributed by atoms with Crippen LogP contribution in [-0.4, -0.2) is 25.7 Å². The zero-order chi connectivity index (χ0) is 9.68. The van der Waals surface area contributed by atoms with Crippen LogP contribution in [-0.2, 0) is 4.74 Å². The lowest BCUT2D eigenvalue weighted by molar-refractivity contribution is 0.0909. The van der Waals surface area contributed by atoms with Crippen molar-refractivity contribution in [3.8, 4) is 0 Å². The third-order valence-corrected chi connectivity index (χ3v) is 2.41. The SMILES string of the molecule is COC[C@@H](C)NC(=O)c1cccs1. The summed E-state index contributed by atoms with van der Waals surface area (Å²) in [4.78, 5) is 12.2. The Hall–Kier alpha value is -0.870. The Labute approximate surface area is 81.7 Å². The lowest BCUT2D eigenvalue weighted by atomic mass is 10.3. The summed E-state index contributed by atoms with van der Waals surface area (Å²) >= 11 is 1.44. The first-order chi connectivity index (χ1) is 6.24. The van der Waals surface area contributed by atoms with Crippen LogP contribution in [0.3, 0.4) is 0 Å². The molecule has 0 radical (unpaired) electrons. The highest BCUT2D eigenvalue weighted by Crippen LogP contribution is 2.07. The molecule has 0 saturated carbocycles. The van der Waals surface area contributed by atoms with Gasteiger partial charge in [0.2, 0.25) is 0 Å². The summed E-state index contributed by atoms with van der Waals surface area (Å²) in [6.45, 7) is 2.45. The van der Waals surface area contributed by atoms with Crippen molar-refractivity contribution in [2.24, 2.45) is 0 Å². The van der Waals surface area contributed by atoms with Gasteiger partial charge in [-0.1, -0.05) is 6.07 Å². The molecule has 0 bridgehead atoms. The van der Waals surface area contributed by atoms with Gasteiger partial charge in [-0.25, -0.2) is 0 Å². The van der Waals surface area contributed by atoms with Crippen LogP contribution in [0.2, 0.25) is 0 Å². The molecule has 4 heteroatoms. The van der Waals surface area contributed by atoms with Crippen molar-refractivity contribution in [3.05, 3.63) is 22.4 Å². The summed E-state index contributed by atoms with van der Waals surface area (Å²) in [5, 5.41) is 4.71. The summed E-state index contributed by atoms with van der Waals surface area (Å²) in [6, 6.07) is 3.72. The summed E-state index contributed by atoms with van der Waals surface area (Å²) in [7, 11) is 1.62. The van der Waals surface area contributed by atoms with E-state index in [-0.39, 0.29) is 11.9 Å². The average Bonchev–Trinajstić information content (AvgIpc) is 2.55. The fourth-order valence-corrected chi connectivity index (χ4v) is 1.62. The van der Waals surface area contributed by atoms with E-state index in [0.29, 0.717) is 6.61 Å². The second-order valence-electron chi connectivity index (χ2n) is 2.81. The monoisotopic (exact) mass is 199 g/mol. The third-order valence-electron chi connectivity index (χ3n) is 1.54. The van der Waals surface area contributed by atoms with Crippen molar-refractivity contribution in [1.82, 2.24) is 5.32 Å². The Kier molecular flexibility index (Phi) is 3.92. The zero-order valence-corrected chi connectivity index (χ0v) is 8.56. The van der Waals surface area contributed by atoms with Gasteiger partial charge in [0.25, 0.3) is 5.91 Å². The molecule has 0 aliphatic carbocycles. The summed E-state index contributed by atoms with van der Waals surface area (Å²) in [6.07, 6.45) is 0. The second-order valence-corrected chi connectivity index (χ2v) is 3.75. The van der Waals surface area contributed by atoms with E-state index in [0.717, 1.165) is 4.88 Å². The van der Waals surface area contributed by atoms with Crippen LogP contribution in [0.25, 0.3) is 0 Å². The van der Waals surface area contributed by atoms with Crippen LogP contribution in [0.15, 0.2) is 17.5 Å². The van der Waals surface area contributed by atoms with Crippen LogP contribution in [0.5, 0.6) is 0 Å². The van der Waals surface area contributed by atoms with Crippen molar-refractivity contribution in [2.45, 2.75) is 13.0 Å². The Morgan fingerprint density at radius 2 is 2.54 bits per heavy atom. The normalized spacial score (nSPS) is 12.5. The molecule has 0 saturated heterocycles. The molecule has 3 nitrogen and oxygen atoms in total. The van der Waals surface area contributed by atoms with Gasteiger partial charge in [-0.15, -0.1) is 11.3 Å². The lowest BCUT2D eigenvalue weighted by Gasteiger charge is -2.11. The molecule has 1 N–H and O–H groups in total. The smallest absolute Gasteiger partial charge is 0.261 e. The highest BCUT2D eigenvalue weighted by atomic mass is 32.1. The lowest BCUT2D eigenvalue weighted by Crippen LogP contribution is -2.35. The van der Waals surface area contributed by atoms with Crippen LogP contribution >= 0.6 is 11.3 Å². The molecule has 1 amide bonds. The highest BCUT2D eigenvalue weighted by Gasteiger charge is 2.09. The second kappa shape index (κ2) is 4.99. The first-order valence-electron chi connectivity index (χ1n) is 4.07. The maximum absolute atomic E-state index is 11.4. The summed E-state index contributed by atoms with van der Waals surface area (Å²) in [5.41, 5.74) is 0. The van der Waals surface area contributed by atoms with Gasteiger partial charge in [-0.05, 0) is 18.4 Å². The van der Waals surface area contributed by atoms with Crippen molar-refractivity contribution in [3.63, 3.8) is 0 Å². The molecule has 1 aromatic rings. The van der Waals surface area contributed by atoms with Gasteiger partial charge in [-0.3, -0.25) is 4.79 Å². The molecule has 13 heavy (non-hydrogen) atoms. The van der Waals surface area contributed by atoms with Gasteiger partial charge in [0.15, 0.2) is 0 Å². The molecular formula is C9H13NO2S. The Morgan fingerprint density at radius 3 is 3.08 bits per heavy atom. The molecule has 1 heterocycles. The minimum atomic E-state index is -0.0282. The average molecular weight is 199 g/mol. The zero-order valence-electron chi connectivity index (χ0n) is 7.74. The third kappa shape index (κ3) is 3.16. The first-order valence-corrected chi connectivity index (χ1v) is 4.95. The molecule has 0 unspecified atom stereocenters. The van der Waals surface area contributed by atoms with Crippen LogP contribution in [0.1, 0.15) is 16.6 Å². The fraction of sp³-hybridized carbons (Fsp3) is 0.444. The van der Waals surface area contributed by atoms with Gasteiger partial charge in [0.05, 0.1) is 11.5 Å². The fourth-order valence-electron chi connectivity index (χ4n) is 0.994. The van der Waals surface area contributed by atoms with Gasteiger partial charge in [-0.2, -0.15) is 0 Å². The summed E-state index contributed by atoms with van der Waals surface area (Å²) < 4.78 is 4.91.